The molecule has 0 bridgehead atoms. The van der Waals surface area contributed by atoms with Gasteiger partial charge in [-0.1, -0.05) is 29.8 Å². The van der Waals surface area contributed by atoms with Crippen molar-refractivity contribution >= 4 is 0 Å². The van der Waals surface area contributed by atoms with Crippen LogP contribution in [-0.2, 0) is 0 Å². The molecule has 1 aliphatic carbocycles. The van der Waals surface area contributed by atoms with Crippen molar-refractivity contribution in [1.82, 2.24) is 0 Å². The van der Waals surface area contributed by atoms with Gasteiger partial charge in [0.25, 0.3) is 0 Å². The molecule has 2 rings (SSSR count). The first-order valence-electron chi connectivity index (χ1n) is 4.59. The maximum absolute atomic E-state index is 5.90. The van der Waals surface area contributed by atoms with Gasteiger partial charge in [-0.25, -0.2) is 0 Å². The van der Waals surface area contributed by atoms with Crippen LogP contribution in [-0.4, -0.2) is 6.04 Å². The zero-order valence-electron chi connectivity index (χ0n) is 7.46. The van der Waals surface area contributed by atoms with E-state index >= 15 is 0 Å². The van der Waals surface area contributed by atoms with E-state index < -0.39 is 0 Å². The molecule has 1 aliphatic rings. The molecule has 2 atom stereocenters. The van der Waals surface area contributed by atoms with Gasteiger partial charge >= 0.3 is 0 Å². The van der Waals surface area contributed by atoms with Crippen molar-refractivity contribution < 1.29 is 0 Å². The molecule has 0 spiro atoms. The van der Waals surface area contributed by atoms with Crippen molar-refractivity contribution in [3.63, 3.8) is 0 Å². The smallest absolute Gasteiger partial charge is 0.0108 e. The minimum atomic E-state index is 0.409. The summed E-state index contributed by atoms with van der Waals surface area (Å²) in [5, 5.41) is 0. The van der Waals surface area contributed by atoms with Crippen molar-refractivity contribution in [2.45, 2.75) is 31.7 Å². The normalized spacial score (nSPS) is 28.2. The van der Waals surface area contributed by atoms with Crippen LogP contribution >= 0.6 is 0 Å². The lowest BCUT2D eigenvalue weighted by atomic mass is 9.75. The Kier molecular flexibility index (Phi) is 1.89. The molecule has 0 aromatic heterocycles. The molecule has 2 unspecified atom stereocenters. The summed E-state index contributed by atoms with van der Waals surface area (Å²) < 4.78 is 0. The quantitative estimate of drug-likeness (QED) is 0.671. The third-order valence-electron chi connectivity index (χ3n) is 2.80. The highest BCUT2D eigenvalue weighted by molar-refractivity contribution is 5.28. The highest BCUT2D eigenvalue weighted by Gasteiger charge is 2.28. The Morgan fingerprint density at radius 2 is 2.17 bits per heavy atom. The lowest BCUT2D eigenvalue weighted by Gasteiger charge is -2.34. The standard InChI is InChI=1S/C11H15N/c1-8-3-2-4-9(7-8)10-5-6-11(10)12/h2-4,7,10-11H,5-6,12H2,1H3. The molecule has 1 fully saturated rings. The van der Waals surface area contributed by atoms with E-state index in [0.717, 1.165) is 0 Å². The van der Waals surface area contributed by atoms with Gasteiger partial charge < -0.3 is 5.73 Å². The summed E-state index contributed by atoms with van der Waals surface area (Å²) in [5.41, 5.74) is 8.67. The van der Waals surface area contributed by atoms with E-state index in [4.69, 9.17) is 5.73 Å². The van der Waals surface area contributed by atoms with Crippen LogP contribution in [0, 0.1) is 6.92 Å². The van der Waals surface area contributed by atoms with Crippen molar-refractivity contribution in [2.24, 2.45) is 5.73 Å². The van der Waals surface area contributed by atoms with Gasteiger partial charge in [0.15, 0.2) is 0 Å². The van der Waals surface area contributed by atoms with E-state index in [1.54, 1.807) is 0 Å². The van der Waals surface area contributed by atoms with Crippen LogP contribution < -0.4 is 5.73 Å². The van der Waals surface area contributed by atoms with Crippen LogP contribution in [0.2, 0.25) is 0 Å². The number of aryl methyl sites for hydroxylation is 1. The predicted molar refractivity (Wildman–Crippen MR) is 51.1 cm³/mol. The molecule has 1 saturated carbocycles. The zero-order valence-corrected chi connectivity index (χ0v) is 7.46. The number of hydrogen-bond acceptors (Lipinski definition) is 1. The minimum absolute atomic E-state index is 0.409. The zero-order chi connectivity index (χ0) is 8.55. The van der Waals surface area contributed by atoms with Crippen molar-refractivity contribution in [3.8, 4) is 0 Å². The SMILES string of the molecule is Cc1cccc(C2CCC2N)c1. The molecule has 0 saturated heterocycles. The van der Waals surface area contributed by atoms with Crippen LogP contribution in [0.25, 0.3) is 0 Å². The molecule has 0 aliphatic heterocycles. The number of hydrogen-bond donors (Lipinski definition) is 1. The highest BCUT2D eigenvalue weighted by Crippen LogP contribution is 2.35. The van der Waals surface area contributed by atoms with Crippen LogP contribution in [0.5, 0.6) is 0 Å². The average Bonchev–Trinajstić information content (AvgIpc) is 2.02. The molecule has 0 amide bonds. The lowest BCUT2D eigenvalue weighted by Crippen LogP contribution is -2.37. The van der Waals surface area contributed by atoms with Gasteiger partial charge in [-0.15, -0.1) is 0 Å². The van der Waals surface area contributed by atoms with Crippen LogP contribution in [0.4, 0.5) is 0 Å². The lowest BCUT2D eigenvalue weighted by molar-refractivity contribution is 0.346. The fraction of sp³-hybridized carbons (Fsp3) is 0.455. The molecule has 1 aromatic rings. The molecule has 2 N–H and O–H groups in total. The summed E-state index contributed by atoms with van der Waals surface area (Å²) in [6.07, 6.45) is 2.46. The second-order valence-corrected chi connectivity index (χ2v) is 3.76. The first-order chi connectivity index (χ1) is 5.77. The van der Waals surface area contributed by atoms with Crippen molar-refractivity contribution in [2.75, 3.05) is 0 Å². The topological polar surface area (TPSA) is 26.0 Å². The Bertz CT molecular complexity index is 280. The number of nitrogens with two attached hydrogens (primary N) is 1. The Morgan fingerprint density at radius 3 is 2.67 bits per heavy atom. The van der Waals surface area contributed by atoms with Gasteiger partial charge in [0.05, 0.1) is 0 Å². The Labute approximate surface area is 73.6 Å². The molecule has 0 heterocycles. The van der Waals surface area contributed by atoms with E-state index in [1.165, 1.54) is 24.0 Å². The third kappa shape index (κ3) is 1.25. The monoisotopic (exact) mass is 161 g/mol. The second-order valence-electron chi connectivity index (χ2n) is 3.76. The molecule has 0 radical (unpaired) electrons. The Morgan fingerprint density at radius 1 is 1.33 bits per heavy atom. The molecule has 12 heavy (non-hydrogen) atoms. The van der Waals surface area contributed by atoms with Gasteiger partial charge in [0, 0.05) is 6.04 Å². The van der Waals surface area contributed by atoms with E-state index in [2.05, 4.69) is 31.2 Å². The van der Waals surface area contributed by atoms with E-state index in [-0.39, 0.29) is 0 Å². The second kappa shape index (κ2) is 2.91. The molecule has 64 valence electrons. The maximum atomic E-state index is 5.90. The van der Waals surface area contributed by atoms with Crippen molar-refractivity contribution in [3.05, 3.63) is 35.4 Å². The van der Waals surface area contributed by atoms with Crippen LogP contribution in [0.1, 0.15) is 29.9 Å². The van der Waals surface area contributed by atoms with Gasteiger partial charge in [-0.05, 0) is 31.2 Å². The largest absolute Gasteiger partial charge is 0.327 e. The van der Waals surface area contributed by atoms with E-state index in [9.17, 15) is 0 Å². The van der Waals surface area contributed by atoms with E-state index in [0.29, 0.717) is 12.0 Å². The maximum Gasteiger partial charge on any atom is 0.0108 e. The van der Waals surface area contributed by atoms with Crippen LogP contribution in [0.15, 0.2) is 24.3 Å². The van der Waals surface area contributed by atoms with Gasteiger partial charge in [0.2, 0.25) is 0 Å². The first kappa shape index (κ1) is 7.81. The summed E-state index contributed by atoms with van der Waals surface area (Å²) in [5.74, 6) is 0.630. The Hall–Kier alpha value is -0.820. The summed E-state index contributed by atoms with van der Waals surface area (Å²) in [7, 11) is 0. The highest BCUT2D eigenvalue weighted by atomic mass is 14.7. The third-order valence-corrected chi connectivity index (χ3v) is 2.80. The van der Waals surface area contributed by atoms with Gasteiger partial charge in [-0.2, -0.15) is 0 Å². The number of rotatable bonds is 1. The average molecular weight is 161 g/mol. The number of benzene rings is 1. The fourth-order valence-electron chi connectivity index (χ4n) is 1.84. The summed E-state index contributed by atoms with van der Waals surface area (Å²) in [6, 6.07) is 9.11. The molecular formula is C11H15N. The molecular weight excluding hydrogens is 146 g/mol. The summed E-state index contributed by atoms with van der Waals surface area (Å²) in [4.78, 5) is 0. The van der Waals surface area contributed by atoms with Crippen molar-refractivity contribution in [1.29, 1.82) is 0 Å². The summed E-state index contributed by atoms with van der Waals surface area (Å²) >= 11 is 0. The van der Waals surface area contributed by atoms with Gasteiger partial charge in [0.1, 0.15) is 0 Å². The molecule has 1 heteroatoms. The predicted octanol–water partition coefficient (Wildman–Crippen LogP) is 2.20. The van der Waals surface area contributed by atoms with Gasteiger partial charge in [-0.3, -0.25) is 0 Å². The first-order valence-corrected chi connectivity index (χ1v) is 4.59. The fourth-order valence-corrected chi connectivity index (χ4v) is 1.84. The van der Waals surface area contributed by atoms with E-state index in [1.807, 2.05) is 0 Å². The van der Waals surface area contributed by atoms with Crippen LogP contribution in [0.3, 0.4) is 0 Å². The minimum Gasteiger partial charge on any atom is -0.327 e. The molecule has 1 nitrogen and oxygen atoms in total. The Balaban J connectivity index is 2.22. The summed E-state index contributed by atoms with van der Waals surface area (Å²) in [6.45, 7) is 2.13. The molecule has 1 aromatic carbocycles.